The number of carbonyl (C=O) groups excluding carboxylic acids is 2. The second kappa shape index (κ2) is 8.55. The van der Waals surface area contributed by atoms with E-state index in [9.17, 15) is 9.59 Å². The lowest BCUT2D eigenvalue weighted by Gasteiger charge is -2.20. The first-order valence-corrected chi connectivity index (χ1v) is 6.06. The van der Waals surface area contributed by atoms with Gasteiger partial charge in [0.2, 0.25) is 11.8 Å². The zero-order valence-corrected chi connectivity index (χ0v) is 12.9. The number of aryl methyl sites for hydroxylation is 1. The highest BCUT2D eigenvalue weighted by molar-refractivity contribution is 5.94. The van der Waals surface area contributed by atoms with Gasteiger partial charge in [0.05, 0.1) is 6.54 Å². The van der Waals surface area contributed by atoms with Gasteiger partial charge in [-0.3, -0.25) is 9.59 Å². The molecule has 0 saturated carbocycles. The molecule has 0 saturated heterocycles. The molecule has 0 aromatic carbocycles. The maximum absolute atomic E-state index is 11.9. The number of anilines is 1. The average Bonchev–Trinajstić information content (AvgIpc) is 2.73. The minimum absolute atomic E-state index is 0. The summed E-state index contributed by atoms with van der Waals surface area (Å²) in [4.78, 5) is 25.0. The minimum Gasteiger partial charge on any atom is -0.360 e. The number of aromatic nitrogens is 1. The zero-order chi connectivity index (χ0) is 14.4. The van der Waals surface area contributed by atoms with E-state index in [1.165, 1.54) is 4.90 Å². The van der Waals surface area contributed by atoms with Crippen LogP contribution in [0.1, 0.15) is 12.7 Å². The molecule has 0 radical (unpaired) electrons. The van der Waals surface area contributed by atoms with Gasteiger partial charge in [0.15, 0.2) is 5.82 Å². The maximum Gasteiger partial charge on any atom is 0.245 e. The van der Waals surface area contributed by atoms with E-state index in [1.807, 2.05) is 6.92 Å². The molecular formula is C12H21ClN4O3. The fourth-order valence-electron chi connectivity index (χ4n) is 1.67. The summed E-state index contributed by atoms with van der Waals surface area (Å²) in [6.07, 6.45) is 0. The fraction of sp³-hybridized carbons (Fsp3) is 0.583. The van der Waals surface area contributed by atoms with Crippen molar-refractivity contribution in [1.82, 2.24) is 15.4 Å². The van der Waals surface area contributed by atoms with E-state index in [0.29, 0.717) is 18.1 Å². The predicted molar refractivity (Wildman–Crippen MR) is 77.8 cm³/mol. The Hall–Kier alpha value is -1.60. The van der Waals surface area contributed by atoms with Crippen LogP contribution in [0.2, 0.25) is 0 Å². The van der Waals surface area contributed by atoms with Crippen molar-refractivity contribution >= 4 is 30.0 Å². The molecule has 7 nitrogen and oxygen atoms in total. The third-order valence-corrected chi connectivity index (χ3v) is 2.58. The molecule has 0 aliphatic heterocycles. The summed E-state index contributed by atoms with van der Waals surface area (Å²) in [6, 6.07) is 1.61. The minimum atomic E-state index is -0.305. The number of rotatable bonds is 6. The van der Waals surface area contributed by atoms with Gasteiger partial charge >= 0.3 is 0 Å². The molecule has 8 heteroatoms. The normalized spacial score (nSPS) is 11.4. The smallest absolute Gasteiger partial charge is 0.245 e. The molecular weight excluding hydrogens is 284 g/mol. The van der Waals surface area contributed by atoms with Gasteiger partial charge in [-0.2, -0.15) is 0 Å². The van der Waals surface area contributed by atoms with E-state index < -0.39 is 0 Å². The number of nitrogens with zero attached hydrogens (tertiary/aromatic N) is 2. The molecule has 20 heavy (non-hydrogen) atoms. The Balaban J connectivity index is 0.00000361. The molecule has 1 rings (SSSR count). The van der Waals surface area contributed by atoms with Crippen molar-refractivity contribution in [3.8, 4) is 0 Å². The Morgan fingerprint density at radius 1 is 1.50 bits per heavy atom. The third-order valence-electron chi connectivity index (χ3n) is 2.58. The fourth-order valence-corrected chi connectivity index (χ4v) is 1.67. The number of hydrogen-bond donors (Lipinski definition) is 2. The SMILES string of the molecule is CNCC(C)C(=O)N(C)CC(=O)Nc1cc(C)on1.Cl. The number of carbonyl (C=O) groups is 2. The van der Waals surface area contributed by atoms with E-state index in [0.717, 1.165) is 0 Å². The van der Waals surface area contributed by atoms with Gasteiger partial charge < -0.3 is 20.1 Å². The third kappa shape index (κ3) is 5.58. The topological polar surface area (TPSA) is 87.5 Å². The molecule has 2 N–H and O–H groups in total. The van der Waals surface area contributed by atoms with Crippen molar-refractivity contribution in [2.24, 2.45) is 5.92 Å². The van der Waals surface area contributed by atoms with Crippen LogP contribution in [0.3, 0.4) is 0 Å². The maximum atomic E-state index is 11.9. The summed E-state index contributed by atoms with van der Waals surface area (Å²) in [6.45, 7) is 4.11. The molecule has 0 bridgehead atoms. The van der Waals surface area contributed by atoms with Crippen LogP contribution in [0.5, 0.6) is 0 Å². The summed E-state index contributed by atoms with van der Waals surface area (Å²) in [5, 5.41) is 9.15. The second-order valence-corrected chi connectivity index (χ2v) is 4.52. The molecule has 1 atom stereocenters. The van der Waals surface area contributed by atoms with Crippen LogP contribution >= 0.6 is 12.4 Å². The van der Waals surface area contributed by atoms with Crippen LogP contribution in [0.4, 0.5) is 5.82 Å². The van der Waals surface area contributed by atoms with Crippen LogP contribution in [-0.4, -0.2) is 49.1 Å². The van der Waals surface area contributed by atoms with Crippen molar-refractivity contribution in [1.29, 1.82) is 0 Å². The molecule has 114 valence electrons. The molecule has 1 unspecified atom stereocenters. The number of halogens is 1. The van der Waals surface area contributed by atoms with Crippen molar-refractivity contribution in [3.63, 3.8) is 0 Å². The summed E-state index contributed by atoms with van der Waals surface area (Å²) in [7, 11) is 3.38. The quantitative estimate of drug-likeness (QED) is 0.806. The predicted octanol–water partition coefficient (Wildman–Crippen LogP) is 0.657. The molecule has 0 aliphatic carbocycles. The van der Waals surface area contributed by atoms with Gasteiger partial charge in [-0.15, -0.1) is 12.4 Å². The standard InChI is InChI=1S/C12H20N4O3.ClH/c1-8(6-13-3)12(18)16(4)7-11(17)14-10-5-9(2)19-15-10;/h5,8,13H,6-7H2,1-4H3,(H,14,15,17);1H. The summed E-state index contributed by atoms with van der Waals surface area (Å²) < 4.78 is 4.83. The van der Waals surface area contributed by atoms with Crippen molar-refractivity contribution in [3.05, 3.63) is 11.8 Å². The number of likely N-dealkylation sites (N-methyl/N-ethyl adjacent to an activating group) is 1. The van der Waals surface area contributed by atoms with Crippen LogP contribution in [0.15, 0.2) is 10.6 Å². The van der Waals surface area contributed by atoms with E-state index in [2.05, 4.69) is 15.8 Å². The first kappa shape index (κ1) is 18.4. The lowest BCUT2D eigenvalue weighted by Crippen LogP contribution is -2.40. The van der Waals surface area contributed by atoms with Gasteiger partial charge in [-0.25, -0.2) is 0 Å². The largest absolute Gasteiger partial charge is 0.360 e. The van der Waals surface area contributed by atoms with Gasteiger partial charge in [0.1, 0.15) is 5.76 Å². The van der Waals surface area contributed by atoms with E-state index in [1.54, 1.807) is 27.1 Å². The Kier molecular flexibility index (Phi) is 7.86. The van der Waals surface area contributed by atoms with Crippen LogP contribution in [-0.2, 0) is 9.59 Å². The lowest BCUT2D eigenvalue weighted by molar-refractivity contribution is -0.136. The van der Waals surface area contributed by atoms with Crippen molar-refractivity contribution < 1.29 is 14.1 Å². The summed E-state index contributed by atoms with van der Waals surface area (Å²) in [5.74, 6) is 0.410. The molecule has 0 aliphatic rings. The average molecular weight is 305 g/mol. The summed E-state index contributed by atoms with van der Waals surface area (Å²) in [5.41, 5.74) is 0. The molecule has 2 amide bonds. The Morgan fingerprint density at radius 2 is 2.15 bits per heavy atom. The highest BCUT2D eigenvalue weighted by Crippen LogP contribution is 2.07. The molecule has 1 heterocycles. The highest BCUT2D eigenvalue weighted by Gasteiger charge is 2.19. The van der Waals surface area contributed by atoms with Crippen LogP contribution in [0, 0.1) is 12.8 Å². The van der Waals surface area contributed by atoms with Gasteiger partial charge in [-0.1, -0.05) is 12.1 Å². The Bertz CT molecular complexity index is 450. The molecule has 1 aromatic rings. The van der Waals surface area contributed by atoms with Crippen molar-refractivity contribution in [2.75, 3.05) is 32.5 Å². The number of hydrogen-bond acceptors (Lipinski definition) is 5. The second-order valence-electron chi connectivity index (χ2n) is 4.52. The van der Waals surface area contributed by atoms with Gasteiger partial charge in [-0.05, 0) is 14.0 Å². The van der Waals surface area contributed by atoms with Crippen LogP contribution in [0.25, 0.3) is 0 Å². The highest BCUT2D eigenvalue weighted by atomic mass is 35.5. The number of nitrogens with one attached hydrogen (secondary N) is 2. The molecule has 1 aromatic heterocycles. The van der Waals surface area contributed by atoms with E-state index >= 15 is 0 Å². The van der Waals surface area contributed by atoms with Crippen molar-refractivity contribution in [2.45, 2.75) is 13.8 Å². The summed E-state index contributed by atoms with van der Waals surface area (Å²) >= 11 is 0. The van der Waals surface area contributed by atoms with E-state index in [-0.39, 0.29) is 36.7 Å². The van der Waals surface area contributed by atoms with E-state index in [4.69, 9.17) is 4.52 Å². The Morgan fingerprint density at radius 3 is 2.65 bits per heavy atom. The zero-order valence-electron chi connectivity index (χ0n) is 12.1. The molecule has 0 fully saturated rings. The van der Waals surface area contributed by atoms with Gasteiger partial charge in [0, 0.05) is 25.6 Å². The number of amides is 2. The lowest BCUT2D eigenvalue weighted by atomic mass is 10.1. The monoisotopic (exact) mass is 304 g/mol. The van der Waals surface area contributed by atoms with Gasteiger partial charge in [0.25, 0.3) is 0 Å². The van der Waals surface area contributed by atoms with Crippen LogP contribution < -0.4 is 10.6 Å². The first-order chi connectivity index (χ1) is 8.93. The Labute approximate surface area is 124 Å². The molecule has 0 spiro atoms. The first-order valence-electron chi connectivity index (χ1n) is 6.06.